The molecule has 0 saturated carbocycles. The van der Waals surface area contributed by atoms with Crippen LogP contribution in [0.4, 0.5) is 0 Å². The number of thiophene rings is 1. The second-order valence-corrected chi connectivity index (χ2v) is 6.89. The van der Waals surface area contributed by atoms with Gasteiger partial charge in [-0.1, -0.05) is 11.6 Å². The lowest BCUT2D eigenvalue weighted by molar-refractivity contribution is 0.269. The highest BCUT2D eigenvalue weighted by molar-refractivity contribution is 9.10. The van der Waals surface area contributed by atoms with Crippen LogP contribution in [0, 0.1) is 0 Å². The zero-order chi connectivity index (χ0) is 14.5. The van der Waals surface area contributed by atoms with Crippen molar-refractivity contribution in [1.82, 2.24) is 0 Å². The van der Waals surface area contributed by atoms with Gasteiger partial charge in [-0.2, -0.15) is 0 Å². The molecule has 0 radical (unpaired) electrons. The Bertz CT molecular complexity index is 587. The zero-order valence-electron chi connectivity index (χ0n) is 10.8. The summed E-state index contributed by atoms with van der Waals surface area (Å²) in [5, 5.41) is 0. The standard InChI is InChI=1S/C14H13BrCl2O2S/c1-2-18-12-6-9(7-16)5-11(15)14(12)19-8-10-3-4-13(17)20-10/h3-6H,2,7-8H2,1H3. The van der Waals surface area contributed by atoms with Gasteiger partial charge in [-0.25, -0.2) is 0 Å². The first kappa shape index (κ1) is 16.0. The summed E-state index contributed by atoms with van der Waals surface area (Å²) in [5.41, 5.74) is 0.980. The predicted octanol–water partition coefficient (Wildman–Crippen LogP) is 5.88. The van der Waals surface area contributed by atoms with Gasteiger partial charge in [0.15, 0.2) is 11.5 Å². The molecule has 1 aromatic heterocycles. The molecule has 0 N–H and O–H groups in total. The minimum atomic E-state index is 0.430. The molecule has 0 saturated heterocycles. The molecule has 0 bridgehead atoms. The molecule has 0 unspecified atom stereocenters. The lowest BCUT2D eigenvalue weighted by Crippen LogP contribution is -2.00. The molecule has 0 amide bonds. The fourth-order valence-electron chi connectivity index (χ4n) is 1.67. The second-order valence-electron chi connectivity index (χ2n) is 3.97. The Hall–Kier alpha value is -0.420. The Kier molecular flexibility index (Phi) is 6.02. The molecule has 0 aliphatic carbocycles. The van der Waals surface area contributed by atoms with Gasteiger partial charge in [-0.05, 0) is 52.7 Å². The third-order valence-corrected chi connectivity index (χ3v) is 4.61. The van der Waals surface area contributed by atoms with E-state index in [1.807, 2.05) is 31.2 Å². The predicted molar refractivity (Wildman–Crippen MR) is 88.5 cm³/mol. The molecule has 1 heterocycles. The first-order valence-corrected chi connectivity index (χ1v) is 8.54. The number of alkyl halides is 1. The van der Waals surface area contributed by atoms with Gasteiger partial charge in [0.05, 0.1) is 15.4 Å². The summed E-state index contributed by atoms with van der Waals surface area (Å²) in [6, 6.07) is 7.65. The lowest BCUT2D eigenvalue weighted by Gasteiger charge is -2.14. The average molecular weight is 396 g/mol. The summed E-state index contributed by atoms with van der Waals surface area (Å²) >= 11 is 16.8. The number of hydrogen-bond acceptors (Lipinski definition) is 3. The van der Waals surface area contributed by atoms with E-state index in [0.717, 1.165) is 19.2 Å². The largest absolute Gasteiger partial charge is 0.490 e. The Morgan fingerprint density at radius 1 is 1.25 bits per heavy atom. The van der Waals surface area contributed by atoms with E-state index in [4.69, 9.17) is 32.7 Å². The van der Waals surface area contributed by atoms with Gasteiger partial charge < -0.3 is 9.47 Å². The molecule has 0 atom stereocenters. The number of ether oxygens (including phenoxy) is 2. The Balaban J connectivity index is 2.20. The molecular formula is C14H13BrCl2O2S. The van der Waals surface area contributed by atoms with Crippen LogP contribution in [0.2, 0.25) is 4.34 Å². The molecule has 1 aromatic carbocycles. The van der Waals surface area contributed by atoms with Crippen LogP contribution in [0.5, 0.6) is 11.5 Å². The van der Waals surface area contributed by atoms with E-state index in [1.54, 1.807) is 0 Å². The van der Waals surface area contributed by atoms with Gasteiger partial charge in [-0.3, -0.25) is 0 Å². The molecule has 2 aromatic rings. The molecule has 0 spiro atoms. The summed E-state index contributed by atoms with van der Waals surface area (Å²) in [6.45, 7) is 2.96. The highest BCUT2D eigenvalue weighted by Gasteiger charge is 2.12. The summed E-state index contributed by atoms with van der Waals surface area (Å²) in [7, 11) is 0. The smallest absolute Gasteiger partial charge is 0.175 e. The minimum absolute atomic E-state index is 0.430. The van der Waals surface area contributed by atoms with E-state index < -0.39 is 0 Å². The van der Waals surface area contributed by atoms with Crippen molar-refractivity contribution in [2.75, 3.05) is 6.61 Å². The summed E-state index contributed by atoms with van der Waals surface area (Å²) in [5.74, 6) is 1.81. The molecule has 2 rings (SSSR count). The van der Waals surface area contributed by atoms with Crippen LogP contribution in [-0.2, 0) is 12.5 Å². The fraction of sp³-hybridized carbons (Fsp3) is 0.286. The van der Waals surface area contributed by atoms with Crippen molar-refractivity contribution in [2.24, 2.45) is 0 Å². The van der Waals surface area contributed by atoms with Crippen LogP contribution in [-0.4, -0.2) is 6.61 Å². The molecular weight excluding hydrogens is 383 g/mol. The first-order chi connectivity index (χ1) is 9.63. The topological polar surface area (TPSA) is 18.5 Å². The number of rotatable bonds is 6. The molecule has 0 fully saturated rings. The van der Waals surface area contributed by atoms with Crippen molar-refractivity contribution in [3.05, 3.63) is 43.5 Å². The SMILES string of the molecule is CCOc1cc(CCl)cc(Br)c1OCc1ccc(Cl)s1. The highest BCUT2D eigenvalue weighted by atomic mass is 79.9. The zero-order valence-corrected chi connectivity index (χ0v) is 14.7. The Morgan fingerprint density at radius 3 is 2.65 bits per heavy atom. The van der Waals surface area contributed by atoms with Gasteiger partial charge in [0, 0.05) is 10.8 Å². The Morgan fingerprint density at radius 2 is 2.05 bits per heavy atom. The summed E-state index contributed by atoms with van der Waals surface area (Å²) < 4.78 is 13.1. The van der Waals surface area contributed by atoms with Gasteiger partial charge in [0.1, 0.15) is 6.61 Å². The van der Waals surface area contributed by atoms with Crippen LogP contribution < -0.4 is 9.47 Å². The molecule has 0 aliphatic rings. The first-order valence-electron chi connectivity index (χ1n) is 6.02. The van der Waals surface area contributed by atoms with E-state index >= 15 is 0 Å². The van der Waals surface area contributed by atoms with Crippen molar-refractivity contribution in [1.29, 1.82) is 0 Å². The van der Waals surface area contributed by atoms with Gasteiger partial charge in [-0.15, -0.1) is 22.9 Å². The van der Waals surface area contributed by atoms with Gasteiger partial charge in [0.25, 0.3) is 0 Å². The number of halogens is 3. The molecule has 2 nitrogen and oxygen atoms in total. The van der Waals surface area contributed by atoms with Crippen molar-refractivity contribution in [2.45, 2.75) is 19.4 Å². The second kappa shape index (κ2) is 7.55. The fourth-order valence-corrected chi connectivity index (χ4v) is 3.43. The molecule has 0 aliphatic heterocycles. The maximum Gasteiger partial charge on any atom is 0.175 e. The highest BCUT2D eigenvalue weighted by Crippen LogP contribution is 2.38. The maximum atomic E-state index is 5.91. The third-order valence-electron chi connectivity index (χ3n) is 2.51. The number of hydrogen-bond donors (Lipinski definition) is 0. The lowest BCUT2D eigenvalue weighted by atomic mass is 10.2. The monoisotopic (exact) mass is 394 g/mol. The van der Waals surface area contributed by atoms with Crippen molar-refractivity contribution in [3.63, 3.8) is 0 Å². The van der Waals surface area contributed by atoms with Gasteiger partial charge in [0.2, 0.25) is 0 Å². The van der Waals surface area contributed by atoms with E-state index in [2.05, 4.69) is 15.9 Å². The maximum absolute atomic E-state index is 5.91. The van der Waals surface area contributed by atoms with Crippen LogP contribution in [0.1, 0.15) is 17.4 Å². The van der Waals surface area contributed by atoms with Gasteiger partial charge >= 0.3 is 0 Å². The minimum Gasteiger partial charge on any atom is -0.490 e. The van der Waals surface area contributed by atoms with E-state index in [-0.39, 0.29) is 0 Å². The van der Waals surface area contributed by atoms with Crippen LogP contribution >= 0.6 is 50.5 Å². The average Bonchev–Trinajstić information content (AvgIpc) is 2.83. The van der Waals surface area contributed by atoms with Crippen LogP contribution in [0.15, 0.2) is 28.7 Å². The van der Waals surface area contributed by atoms with Crippen molar-refractivity contribution >= 4 is 50.5 Å². The van der Waals surface area contributed by atoms with Crippen LogP contribution in [0.25, 0.3) is 0 Å². The number of benzene rings is 1. The van der Waals surface area contributed by atoms with Crippen molar-refractivity contribution < 1.29 is 9.47 Å². The quantitative estimate of drug-likeness (QED) is 0.568. The summed E-state index contributed by atoms with van der Waals surface area (Å²) in [6.07, 6.45) is 0. The van der Waals surface area contributed by atoms with Crippen LogP contribution in [0.3, 0.4) is 0 Å². The van der Waals surface area contributed by atoms with E-state index in [1.165, 1.54) is 11.3 Å². The van der Waals surface area contributed by atoms with Crippen molar-refractivity contribution in [3.8, 4) is 11.5 Å². The van der Waals surface area contributed by atoms with E-state index in [9.17, 15) is 0 Å². The molecule has 20 heavy (non-hydrogen) atoms. The summed E-state index contributed by atoms with van der Waals surface area (Å²) in [4.78, 5) is 1.06. The molecule has 108 valence electrons. The normalized spacial score (nSPS) is 10.6. The Labute approximate surface area is 140 Å². The third kappa shape index (κ3) is 4.04. The van der Waals surface area contributed by atoms with E-state index in [0.29, 0.717) is 30.6 Å². The molecule has 6 heteroatoms.